The van der Waals surface area contributed by atoms with Gasteiger partial charge in [-0.1, -0.05) is 23.7 Å². The minimum atomic E-state index is 0.537. The standard InChI is InChI=1S/C15H16ClNO2/c1-18-13-5-2-11(3-6-13)8-9-19-15-7-4-12(17)10-14(15)16/h2-7,10H,8-9,17H2,1H3. The van der Waals surface area contributed by atoms with Crippen LogP contribution in [0.5, 0.6) is 11.5 Å². The van der Waals surface area contributed by atoms with Crippen LogP contribution < -0.4 is 15.2 Å². The van der Waals surface area contributed by atoms with E-state index in [9.17, 15) is 0 Å². The Morgan fingerprint density at radius 1 is 1.11 bits per heavy atom. The van der Waals surface area contributed by atoms with E-state index in [1.54, 1.807) is 25.3 Å². The first-order valence-corrected chi connectivity index (χ1v) is 6.37. The molecule has 0 amide bonds. The molecule has 0 aromatic heterocycles. The quantitative estimate of drug-likeness (QED) is 0.850. The summed E-state index contributed by atoms with van der Waals surface area (Å²) in [6.45, 7) is 0.565. The molecule has 0 spiro atoms. The third-order valence-electron chi connectivity index (χ3n) is 2.76. The minimum Gasteiger partial charge on any atom is -0.497 e. The van der Waals surface area contributed by atoms with E-state index in [4.69, 9.17) is 26.8 Å². The number of halogens is 1. The zero-order chi connectivity index (χ0) is 13.7. The highest BCUT2D eigenvalue weighted by molar-refractivity contribution is 6.32. The number of hydrogen-bond acceptors (Lipinski definition) is 3. The third kappa shape index (κ3) is 3.80. The van der Waals surface area contributed by atoms with Crippen LogP contribution in [0.3, 0.4) is 0 Å². The molecule has 0 aliphatic rings. The van der Waals surface area contributed by atoms with Gasteiger partial charge in [0.25, 0.3) is 0 Å². The van der Waals surface area contributed by atoms with Gasteiger partial charge >= 0.3 is 0 Å². The van der Waals surface area contributed by atoms with E-state index in [1.165, 1.54) is 5.56 Å². The second-order valence-corrected chi connectivity index (χ2v) is 4.54. The predicted octanol–water partition coefficient (Wildman–Crippen LogP) is 3.55. The largest absolute Gasteiger partial charge is 0.497 e. The molecule has 2 aromatic rings. The molecule has 0 radical (unpaired) electrons. The molecule has 0 unspecified atom stereocenters. The van der Waals surface area contributed by atoms with Gasteiger partial charge in [0.15, 0.2) is 0 Å². The van der Waals surface area contributed by atoms with Crippen molar-refractivity contribution in [3.05, 3.63) is 53.1 Å². The molecule has 0 aliphatic heterocycles. The number of methoxy groups -OCH3 is 1. The van der Waals surface area contributed by atoms with Gasteiger partial charge < -0.3 is 15.2 Å². The molecule has 100 valence electrons. The molecule has 0 atom stereocenters. The summed E-state index contributed by atoms with van der Waals surface area (Å²) in [5.74, 6) is 1.51. The summed E-state index contributed by atoms with van der Waals surface area (Å²) in [5.41, 5.74) is 7.44. The van der Waals surface area contributed by atoms with Crippen LogP contribution in [0.4, 0.5) is 5.69 Å². The molecule has 2 rings (SSSR count). The molecule has 2 aromatic carbocycles. The van der Waals surface area contributed by atoms with Crippen LogP contribution in [-0.2, 0) is 6.42 Å². The van der Waals surface area contributed by atoms with Crippen molar-refractivity contribution in [3.63, 3.8) is 0 Å². The van der Waals surface area contributed by atoms with Crippen LogP contribution in [0.25, 0.3) is 0 Å². The van der Waals surface area contributed by atoms with Gasteiger partial charge in [-0.05, 0) is 35.9 Å². The molecule has 3 nitrogen and oxygen atoms in total. The molecule has 0 saturated heterocycles. The Morgan fingerprint density at radius 3 is 2.47 bits per heavy atom. The van der Waals surface area contributed by atoms with E-state index in [0.29, 0.717) is 23.1 Å². The number of ether oxygens (including phenoxy) is 2. The highest BCUT2D eigenvalue weighted by atomic mass is 35.5. The van der Waals surface area contributed by atoms with Gasteiger partial charge in [0.1, 0.15) is 11.5 Å². The molecule has 0 aliphatic carbocycles. The summed E-state index contributed by atoms with van der Waals surface area (Å²) in [6, 6.07) is 13.2. The van der Waals surface area contributed by atoms with Gasteiger partial charge in [0.05, 0.1) is 18.7 Å². The van der Waals surface area contributed by atoms with Crippen molar-refractivity contribution in [1.82, 2.24) is 0 Å². The lowest BCUT2D eigenvalue weighted by atomic mass is 10.1. The molecule has 2 N–H and O–H groups in total. The van der Waals surface area contributed by atoms with Crippen molar-refractivity contribution in [3.8, 4) is 11.5 Å². The maximum absolute atomic E-state index is 6.03. The molecular formula is C15H16ClNO2. The zero-order valence-electron chi connectivity index (χ0n) is 10.7. The van der Waals surface area contributed by atoms with Gasteiger partial charge in [-0.3, -0.25) is 0 Å². The summed E-state index contributed by atoms with van der Waals surface area (Å²) >= 11 is 6.03. The lowest BCUT2D eigenvalue weighted by Crippen LogP contribution is -2.02. The number of hydrogen-bond donors (Lipinski definition) is 1. The number of anilines is 1. The molecule has 0 bridgehead atoms. The minimum absolute atomic E-state index is 0.537. The molecule has 19 heavy (non-hydrogen) atoms. The Hall–Kier alpha value is -1.87. The molecule has 4 heteroatoms. The monoisotopic (exact) mass is 277 g/mol. The van der Waals surface area contributed by atoms with Crippen LogP contribution in [0.2, 0.25) is 5.02 Å². The lowest BCUT2D eigenvalue weighted by Gasteiger charge is -2.09. The first-order chi connectivity index (χ1) is 9.19. The second-order valence-electron chi connectivity index (χ2n) is 4.14. The van der Waals surface area contributed by atoms with Gasteiger partial charge in [-0.2, -0.15) is 0 Å². The fraction of sp³-hybridized carbons (Fsp3) is 0.200. The molecular weight excluding hydrogens is 262 g/mol. The SMILES string of the molecule is COc1ccc(CCOc2ccc(N)cc2Cl)cc1. The Balaban J connectivity index is 1.88. The van der Waals surface area contributed by atoms with E-state index < -0.39 is 0 Å². The molecule has 0 saturated carbocycles. The number of nitrogens with two attached hydrogens (primary N) is 1. The summed E-state index contributed by atoms with van der Waals surface area (Å²) in [5, 5.41) is 0.537. The normalized spacial score (nSPS) is 10.2. The van der Waals surface area contributed by atoms with Crippen molar-refractivity contribution in [2.45, 2.75) is 6.42 Å². The van der Waals surface area contributed by atoms with Crippen molar-refractivity contribution in [2.24, 2.45) is 0 Å². The van der Waals surface area contributed by atoms with E-state index in [2.05, 4.69) is 0 Å². The lowest BCUT2D eigenvalue weighted by molar-refractivity contribution is 0.322. The fourth-order valence-electron chi connectivity index (χ4n) is 1.71. The Kier molecular flexibility index (Phi) is 4.53. The Labute approximate surface area is 117 Å². The highest BCUT2D eigenvalue weighted by Gasteiger charge is 2.02. The highest BCUT2D eigenvalue weighted by Crippen LogP contribution is 2.26. The van der Waals surface area contributed by atoms with Crippen LogP contribution in [0, 0.1) is 0 Å². The smallest absolute Gasteiger partial charge is 0.138 e. The first-order valence-electron chi connectivity index (χ1n) is 6.00. The summed E-state index contributed by atoms with van der Waals surface area (Å²) in [7, 11) is 1.65. The fourth-order valence-corrected chi connectivity index (χ4v) is 1.95. The summed E-state index contributed by atoms with van der Waals surface area (Å²) in [6.07, 6.45) is 0.810. The van der Waals surface area contributed by atoms with Gasteiger partial charge in [0.2, 0.25) is 0 Å². The average Bonchev–Trinajstić information content (AvgIpc) is 2.42. The second kappa shape index (κ2) is 6.34. The van der Waals surface area contributed by atoms with Crippen LogP contribution in [0.15, 0.2) is 42.5 Å². The van der Waals surface area contributed by atoms with Crippen molar-refractivity contribution in [2.75, 3.05) is 19.5 Å². The summed E-state index contributed by atoms with van der Waals surface area (Å²) < 4.78 is 10.7. The predicted molar refractivity (Wildman–Crippen MR) is 78.1 cm³/mol. The van der Waals surface area contributed by atoms with Crippen molar-refractivity contribution >= 4 is 17.3 Å². The van der Waals surface area contributed by atoms with E-state index in [-0.39, 0.29) is 0 Å². The maximum Gasteiger partial charge on any atom is 0.138 e. The van der Waals surface area contributed by atoms with E-state index >= 15 is 0 Å². The van der Waals surface area contributed by atoms with Gasteiger partial charge in [0, 0.05) is 12.1 Å². The van der Waals surface area contributed by atoms with Gasteiger partial charge in [-0.15, -0.1) is 0 Å². The topological polar surface area (TPSA) is 44.5 Å². The number of rotatable bonds is 5. The van der Waals surface area contributed by atoms with Crippen molar-refractivity contribution in [1.29, 1.82) is 0 Å². The number of nitrogen functional groups attached to an aromatic ring is 1. The van der Waals surface area contributed by atoms with Crippen LogP contribution >= 0.6 is 11.6 Å². The van der Waals surface area contributed by atoms with Crippen LogP contribution in [0.1, 0.15) is 5.56 Å². The summed E-state index contributed by atoms with van der Waals surface area (Å²) in [4.78, 5) is 0. The Morgan fingerprint density at radius 2 is 1.84 bits per heavy atom. The van der Waals surface area contributed by atoms with Gasteiger partial charge in [-0.25, -0.2) is 0 Å². The van der Waals surface area contributed by atoms with Crippen LogP contribution in [-0.4, -0.2) is 13.7 Å². The average molecular weight is 278 g/mol. The number of benzene rings is 2. The first kappa shape index (κ1) is 13.6. The zero-order valence-corrected chi connectivity index (χ0v) is 11.5. The molecule has 0 fully saturated rings. The maximum atomic E-state index is 6.03. The molecule has 0 heterocycles. The van der Waals surface area contributed by atoms with Crippen molar-refractivity contribution < 1.29 is 9.47 Å². The van der Waals surface area contributed by atoms with E-state index in [1.807, 2.05) is 24.3 Å². The third-order valence-corrected chi connectivity index (χ3v) is 3.06. The Bertz CT molecular complexity index is 540. The van der Waals surface area contributed by atoms with E-state index in [0.717, 1.165) is 12.2 Å².